The first kappa shape index (κ1) is 21.6. The van der Waals surface area contributed by atoms with Crippen LogP contribution in [0.2, 0.25) is 5.02 Å². The molecule has 0 bridgehead atoms. The molecule has 2 fully saturated rings. The van der Waals surface area contributed by atoms with Crippen molar-refractivity contribution in [1.82, 2.24) is 5.32 Å². The molecule has 1 heterocycles. The highest BCUT2D eigenvalue weighted by Gasteiger charge is 2.43. The standard InChI is InChI=1S/C21H26ClNO6/c1-20(12-27-13-20)10-18(25)28-14-29-19(26)23-11-21(9-5-4-8-17(21)24)15-6-2-3-7-16(15)22/h2-3,6-7H,4-5,8-14H2,1H3,(H,23,26). The zero-order valence-electron chi connectivity index (χ0n) is 16.5. The number of amides is 1. The smallest absolute Gasteiger partial charge is 0.410 e. The minimum absolute atomic E-state index is 0.0551. The molecule has 7 nitrogen and oxygen atoms in total. The van der Waals surface area contributed by atoms with Crippen LogP contribution in [0, 0.1) is 5.41 Å². The number of alkyl carbamates (subject to hydrolysis) is 1. The first-order valence-electron chi connectivity index (χ1n) is 9.77. The fourth-order valence-corrected chi connectivity index (χ4v) is 4.20. The SMILES string of the molecule is CC1(CC(=O)OCOC(=O)NCC2(c3ccccc3Cl)CCCCC2=O)COC1. The van der Waals surface area contributed by atoms with Crippen LogP contribution in [0.3, 0.4) is 0 Å². The number of hydrogen-bond acceptors (Lipinski definition) is 6. The second-order valence-electron chi connectivity index (χ2n) is 8.09. The fourth-order valence-electron chi connectivity index (χ4n) is 3.88. The number of nitrogens with one attached hydrogen (secondary N) is 1. The van der Waals surface area contributed by atoms with E-state index < -0.39 is 24.3 Å². The number of Topliss-reactive ketones (excluding diaryl/α,β-unsaturated/α-hetero) is 1. The van der Waals surface area contributed by atoms with Crippen LogP contribution in [0.1, 0.15) is 44.6 Å². The van der Waals surface area contributed by atoms with E-state index in [0.717, 1.165) is 12.8 Å². The molecule has 0 aromatic heterocycles. The zero-order chi connectivity index (χ0) is 20.9. The summed E-state index contributed by atoms with van der Waals surface area (Å²) in [6, 6.07) is 7.20. The molecule has 1 aromatic carbocycles. The van der Waals surface area contributed by atoms with Crippen LogP contribution in [0.4, 0.5) is 4.79 Å². The molecule has 0 radical (unpaired) electrons. The summed E-state index contributed by atoms with van der Waals surface area (Å²) in [5, 5.41) is 3.14. The molecule has 1 aliphatic carbocycles. The number of hydrogen-bond donors (Lipinski definition) is 1. The maximum atomic E-state index is 12.8. The molecule has 1 aromatic rings. The number of esters is 1. The van der Waals surface area contributed by atoms with Crippen LogP contribution < -0.4 is 5.32 Å². The molecular formula is C21H26ClNO6. The molecule has 1 saturated heterocycles. The first-order valence-corrected chi connectivity index (χ1v) is 10.1. The number of halogens is 1. The molecule has 2 aliphatic rings. The van der Waals surface area contributed by atoms with Gasteiger partial charge in [0.1, 0.15) is 5.78 Å². The van der Waals surface area contributed by atoms with Crippen LogP contribution in [-0.2, 0) is 29.2 Å². The van der Waals surface area contributed by atoms with Gasteiger partial charge in [0.25, 0.3) is 0 Å². The Hall–Kier alpha value is -2.12. The lowest BCUT2D eigenvalue weighted by Crippen LogP contribution is -2.48. The number of benzene rings is 1. The summed E-state index contributed by atoms with van der Waals surface area (Å²) in [5.41, 5.74) is -0.360. The fraction of sp³-hybridized carbons (Fsp3) is 0.571. The van der Waals surface area contributed by atoms with E-state index in [0.29, 0.717) is 36.6 Å². The van der Waals surface area contributed by atoms with Gasteiger partial charge in [-0.1, -0.05) is 43.1 Å². The van der Waals surface area contributed by atoms with Gasteiger partial charge in [0, 0.05) is 23.4 Å². The summed E-state index contributed by atoms with van der Waals surface area (Å²) >= 11 is 6.35. The third-order valence-corrected chi connectivity index (χ3v) is 5.93. The lowest BCUT2D eigenvalue weighted by molar-refractivity contribution is -0.165. The number of carbonyl (C=O) groups is 3. The second-order valence-corrected chi connectivity index (χ2v) is 8.50. The van der Waals surface area contributed by atoms with Crippen LogP contribution >= 0.6 is 11.6 Å². The Morgan fingerprint density at radius 3 is 2.62 bits per heavy atom. The average Bonchev–Trinajstić information content (AvgIpc) is 2.67. The highest BCUT2D eigenvalue weighted by atomic mass is 35.5. The van der Waals surface area contributed by atoms with Crippen molar-refractivity contribution in [3.05, 3.63) is 34.9 Å². The Bertz CT molecular complexity index is 778. The van der Waals surface area contributed by atoms with E-state index in [-0.39, 0.29) is 24.2 Å². The van der Waals surface area contributed by atoms with E-state index in [9.17, 15) is 14.4 Å². The van der Waals surface area contributed by atoms with Gasteiger partial charge in [-0.25, -0.2) is 4.79 Å². The maximum absolute atomic E-state index is 12.8. The quantitative estimate of drug-likeness (QED) is 0.534. The van der Waals surface area contributed by atoms with Crippen molar-refractivity contribution in [2.45, 2.75) is 44.4 Å². The largest absolute Gasteiger partial charge is 0.428 e. The highest BCUT2D eigenvalue weighted by Crippen LogP contribution is 2.39. The van der Waals surface area contributed by atoms with Gasteiger partial charge in [-0.15, -0.1) is 0 Å². The van der Waals surface area contributed by atoms with Gasteiger partial charge in [-0.3, -0.25) is 9.59 Å². The van der Waals surface area contributed by atoms with Gasteiger partial charge in [0.15, 0.2) is 0 Å². The summed E-state index contributed by atoms with van der Waals surface area (Å²) in [7, 11) is 0. The van der Waals surface area contributed by atoms with Gasteiger partial charge in [0.05, 0.1) is 25.0 Å². The summed E-state index contributed by atoms with van der Waals surface area (Å²) in [4.78, 5) is 36.7. The Labute approximate surface area is 175 Å². The lowest BCUT2D eigenvalue weighted by Gasteiger charge is -2.37. The van der Waals surface area contributed by atoms with Gasteiger partial charge >= 0.3 is 12.1 Å². The van der Waals surface area contributed by atoms with Gasteiger partial charge in [-0.05, 0) is 24.5 Å². The van der Waals surface area contributed by atoms with Crippen LogP contribution in [0.15, 0.2) is 24.3 Å². The van der Waals surface area contributed by atoms with E-state index in [4.69, 9.17) is 25.8 Å². The maximum Gasteiger partial charge on any atom is 0.410 e. The van der Waals surface area contributed by atoms with Crippen molar-refractivity contribution >= 4 is 29.4 Å². The third kappa shape index (κ3) is 5.08. The Kier molecular flexibility index (Phi) is 6.80. The lowest BCUT2D eigenvalue weighted by atomic mass is 9.68. The molecule has 1 atom stereocenters. The van der Waals surface area contributed by atoms with Crippen LogP contribution in [-0.4, -0.2) is 44.4 Å². The van der Waals surface area contributed by atoms with Crippen molar-refractivity contribution in [2.24, 2.45) is 5.41 Å². The van der Waals surface area contributed by atoms with Gasteiger partial charge in [-0.2, -0.15) is 0 Å². The summed E-state index contributed by atoms with van der Waals surface area (Å²) in [5.74, 6) is -0.391. The summed E-state index contributed by atoms with van der Waals surface area (Å²) < 4.78 is 15.0. The molecule has 1 N–H and O–H groups in total. The number of rotatable bonds is 7. The van der Waals surface area contributed by atoms with Crippen molar-refractivity contribution in [3.63, 3.8) is 0 Å². The van der Waals surface area contributed by atoms with Crippen molar-refractivity contribution < 1.29 is 28.6 Å². The van der Waals surface area contributed by atoms with Crippen molar-refractivity contribution in [3.8, 4) is 0 Å². The zero-order valence-corrected chi connectivity index (χ0v) is 17.3. The van der Waals surface area contributed by atoms with E-state index in [2.05, 4.69) is 5.32 Å². The van der Waals surface area contributed by atoms with Crippen LogP contribution in [0.5, 0.6) is 0 Å². The Balaban J connectivity index is 1.53. The average molecular weight is 424 g/mol. The molecular weight excluding hydrogens is 398 g/mol. The van der Waals surface area contributed by atoms with Gasteiger partial charge in [0.2, 0.25) is 6.79 Å². The third-order valence-electron chi connectivity index (χ3n) is 5.60. The van der Waals surface area contributed by atoms with Crippen molar-refractivity contribution in [1.29, 1.82) is 0 Å². The molecule has 0 spiro atoms. The molecule has 3 rings (SSSR count). The van der Waals surface area contributed by atoms with E-state index >= 15 is 0 Å². The number of ether oxygens (including phenoxy) is 3. The monoisotopic (exact) mass is 423 g/mol. The molecule has 8 heteroatoms. The predicted octanol–water partition coefficient (Wildman–Crippen LogP) is 3.37. The molecule has 1 aliphatic heterocycles. The van der Waals surface area contributed by atoms with E-state index in [1.165, 1.54) is 0 Å². The molecule has 29 heavy (non-hydrogen) atoms. The highest BCUT2D eigenvalue weighted by molar-refractivity contribution is 6.31. The first-order chi connectivity index (χ1) is 13.8. The Morgan fingerprint density at radius 1 is 1.21 bits per heavy atom. The minimum atomic E-state index is -0.870. The molecule has 1 amide bonds. The molecule has 158 valence electrons. The van der Waals surface area contributed by atoms with E-state index in [1.807, 2.05) is 19.1 Å². The predicted molar refractivity (Wildman–Crippen MR) is 106 cm³/mol. The normalized spacial score (nSPS) is 23.0. The summed E-state index contributed by atoms with van der Waals surface area (Å²) in [6.45, 7) is 2.57. The summed E-state index contributed by atoms with van der Waals surface area (Å²) in [6.07, 6.45) is 2.21. The topological polar surface area (TPSA) is 90.9 Å². The Morgan fingerprint density at radius 2 is 1.97 bits per heavy atom. The van der Waals surface area contributed by atoms with Crippen molar-refractivity contribution in [2.75, 3.05) is 26.6 Å². The minimum Gasteiger partial charge on any atom is -0.428 e. The molecule has 1 saturated carbocycles. The van der Waals surface area contributed by atoms with Gasteiger partial charge < -0.3 is 19.5 Å². The van der Waals surface area contributed by atoms with Crippen LogP contribution in [0.25, 0.3) is 0 Å². The van der Waals surface area contributed by atoms with E-state index in [1.54, 1.807) is 12.1 Å². The second kappa shape index (κ2) is 9.13. The number of ketones is 1. The molecule has 1 unspecified atom stereocenters. The number of carbonyl (C=O) groups excluding carboxylic acids is 3.